The van der Waals surface area contributed by atoms with E-state index in [2.05, 4.69) is 0 Å². The lowest BCUT2D eigenvalue weighted by Gasteiger charge is -2.19. The zero-order valence-corrected chi connectivity index (χ0v) is 13.4. The van der Waals surface area contributed by atoms with Gasteiger partial charge in [-0.25, -0.2) is 8.42 Å². The molecule has 0 aliphatic carbocycles. The molecule has 0 atom stereocenters. The van der Waals surface area contributed by atoms with Gasteiger partial charge in [-0.1, -0.05) is 12.1 Å². The Hall–Kier alpha value is -1.44. The van der Waals surface area contributed by atoms with Gasteiger partial charge in [-0.05, 0) is 38.2 Å². The van der Waals surface area contributed by atoms with E-state index in [1.54, 1.807) is 19.2 Å². The maximum absolute atomic E-state index is 12.3. The van der Waals surface area contributed by atoms with E-state index < -0.39 is 16.0 Å². The molecule has 0 fully saturated rings. The minimum atomic E-state index is -3.49. The molecule has 0 aliphatic heterocycles. The fraction of sp³-hybridized carbons (Fsp3) is 0.500. The van der Waals surface area contributed by atoms with E-state index in [-0.39, 0.29) is 11.3 Å². The molecular weight excluding hydrogens is 292 g/mol. The fourth-order valence-corrected chi connectivity index (χ4v) is 2.88. The number of carbonyl (C=O) groups is 1. The second-order valence-electron chi connectivity index (χ2n) is 5.17. The Morgan fingerprint density at radius 1 is 1.10 bits per heavy atom. The number of sulfonamides is 1. The Morgan fingerprint density at radius 3 is 2.14 bits per heavy atom. The number of benzene rings is 1. The number of carboxylic acid groups (broad SMARTS) is 1. The number of nitrogens with zero attached hydrogens (tertiary/aromatic N) is 2. The summed E-state index contributed by atoms with van der Waals surface area (Å²) < 4.78 is 26.0. The van der Waals surface area contributed by atoms with Crippen molar-refractivity contribution in [3.05, 3.63) is 29.8 Å². The molecule has 0 spiro atoms. The maximum atomic E-state index is 12.3. The molecule has 118 valence electrons. The molecule has 21 heavy (non-hydrogen) atoms. The minimum absolute atomic E-state index is 0.0365. The van der Waals surface area contributed by atoms with Crippen molar-refractivity contribution in [2.24, 2.45) is 0 Å². The van der Waals surface area contributed by atoms with Crippen LogP contribution in [0.2, 0.25) is 0 Å². The highest BCUT2D eigenvalue weighted by molar-refractivity contribution is 7.89. The molecule has 0 heterocycles. The predicted molar refractivity (Wildman–Crippen MR) is 80.8 cm³/mol. The molecule has 0 amide bonds. The van der Waals surface area contributed by atoms with Crippen molar-refractivity contribution in [2.45, 2.75) is 17.7 Å². The molecule has 0 aliphatic rings. The van der Waals surface area contributed by atoms with E-state index in [1.807, 2.05) is 19.0 Å². The number of hydrogen-bond donors (Lipinski definition) is 1. The van der Waals surface area contributed by atoms with Crippen LogP contribution in [0.25, 0.3) is 0 Å². The zero-order valence-electron chi connectivity index (χ0n) is 12.6. The molecular formula is C14H22N2O4S. The largest absolute Gasteiger partial charge is 0.481 e. The average Bonchev–Trinajstić information content (AvgIpc) is 2.42. The Morgan fingerprint density at radius 2 is 1.67 bits per heavy atom. The SMILES string of the molecule is CN(C)CCN(C)S(=O)(=O)c1ccc(CCC(=O)O)cc1. The van der Waals surface area contributed by atoms with Crippen LogP contribution in [-0.2, 0) is 21.2 Å². The first-order valence-corrected chi connectivity index (χ1v) is 8.09. The normalized spacial score (nSPS) is 12.0. The van der Waals surface area contributed by atoms with Gasteiger partial charge in [0.15, 0.2) is 0 Å². The molecule has 0 bridgehead atoms. The van der Waals surface area contributed by atoms with Gasteiger partial charge in [0.2, 0.25) is 10.0 Å². The standard InChI is InChI=1S/C14H22N2O4S/c1-15(2)10-11-16(3)21(19,20)13-7-4-12(5-8-13)6-9-14(17)18/h4-5,7-8H,6,9-11H2,1-3H3,(H,17,18). The molecule has 6 nitrogen and oxygen atoms in total. The average molecular weight is 314 g/mol. The van der Waals surface area contributed by atoms with Crippen molar-refractivity contribution < 1.29 is 18.3 Å². The van der Waals surface area contributed by atoms with Crippen molar-refractivity contribution in [1.29, 1.82) is 0 Å². The quantitative estimate of drug-likeness (QED) is 0.771. The van der Waals surface area contributed by atoms with Crippen LogP contribution < -0.4 is 0 Å². The van der Waals surface area contributed by atoms with Gasteiger partial charge in [-0.15, -0.1) is 0 Å². The van der Waals surface area contributed by atoms with E-state index in [9.17, 15) is 13.2 Å². The second kappa shape index (κ2) is 7.53. The van der Waals surface area contributed by atoms with Gasteiger partial charge in [-0.3, -0.25) is 4.79 Å². The van der Waals surface area contributed by atoms with E-state index in [4.69, 9.17) is 5.11 Å². The molecule has 1 aromatic rings. The van der Waals surface area contributed by atoms with Crippen molar-refractivity contribution in [3.63, 3.8) is 0 Å². The first-order chi connectivity index (χ1) is 9.73. The van der Waals surface area contributed by atoms with E-state index in [0.29, 0.717) is 19.5 Å². The van der Waals surface area contributed by atoms with Crippen LogP contribution in [0, 0.1) is 0 Å². The highest BCUT2D eigenvalue weighted by Crippen LogP contribution is 2.15. The molecule has 0 saturated heterocycles. The summed E-state index contributed by atoms with van der Waals surface area (Å²) in [4.78, 5) is 12.7. The van der Waals surface area contributed by atoms with Crippen LogP contribution in [0.1, 0.15) is 12.0 Å². The molecule has 1 rings (SSSR count). The fourth-order valence-electron chi connectivity index (χ4n) is 1.72. The summed E-state index contributed by atoms with van der Waals surface area (Å²) in [7, 11) is 1.83. The van der Waals surface area contributed by atoms with Crippen LogP contribution in [0.3, 0.4) is 0 Å². The number of rotatable bonds is 8. The highest BCUT2D eigenvalue weighted by Gasteiger charge is 2.20. The van der Waals surface area contributed by atoms with Crippen molar-refractivity contribution >= 4 is 16.0 Å². The molecule has 0 aromatic heterocycles. The van der Waals surface area contributed by atoms with Crippen molar-refractivity contribution in [2.75, 3.05) is 34.2 Å². The van der Waals surface area contributed by atoms with Crippen LogP contribution in [0.4, 0.5) is 0 Å². The molecule has 0 radical (unpaired) electrons. The van der Waals surface area contributed by atoms with Gasteiger partial charge in [0.1, 0.15) is 0 Å². The third kappa shape index (κ3) is 5.45. The molecule has 1 N–H and O–H groups in total. The highest BCUT2D eigenvalue weighted by atomic mass is 32.2. The third-order valence-corrected chi connectivity index (χ3v) is 4.99. The van der Waals surface area contributed by atoms with Gasteiger partial charge in [0.05, 0.1) is 4.90 Å². The first kappa shape index (κ1) is 17.6. The van der Waals surface area contributed by atoms with Crippen LogP contribution in [0.5, 0.6) is 0 Å². The van der Waals surface area contributed by atoms with E-state index >= 15 is 0 Å². The zero-order chi connectivity index (χ0) is 16.0. The number of likely N-dealkylation sites (N-methyl/N-ethyl adjacent to an activating group) is 2. The van der Waals surface area contributed by atoms with Crippen LogP contribution in [0.15, 0.2) is 29.2 Å². The summed E-state index contributed by atoms with van der Waals surface area (Å²) in [6.07, 6.45) is 0.432. The molecule has 7 heteroatoms. The summed E-state index contributed by atoms with van der Waals surface area (Å²) in [6, 6.07) is 6.38. The summed E-state index contributed by atoms with van der Waals surface area (Å²) >= 11 is 0. The number of hydrogen-bond acceptors (Lipinski definition) is 4. The lowest BCUT2D eigenvalue weighted by atomic mass is 10.1. The van der Waals surface area contributed by atoms with Gasteiger partial charge in [0, 0.05) is 26.6 Å². The summed E-state index contributed by atoms with van der Waals surface area (Å²) in [6.45, 7) is 1.06. The van der Waals surface area contributed by atoms with Gasteiger partial charge in [-0.2, -0.15) is 4.31 Å². The Bertz CT molecular complexity index is 567. The smallest absolute Gasteiger partial charge is 0.303 e. The summed E-state index contributed by atoms with van der Waals surface area (Å²) in [5.41, 5.74) is 0.812. The summed E-state index contributed by atoms with van der Waals surface area (Å²) in [5, 5.41) is 8.63. The summed E-state index contributed by atoms with van der Waals surface area (Å²) in [5.74, 6) is -0.866. The third-order valence-electron chi connectivity index (χ3n) is 3.12. The Kier molecular flexibility index (Phi) is 6.32. The molecule has 0 saturated carbocycles. The van der Waals surface area contributed by atoms with Crippen molar-refractivity contribution in [3.8, 4) is 0 Å². The predicted octanol–water partition coefficient (Wildman–Crippen LogP) is 0.886. The lowest BCUT2D eigenvalue weighted by Crippen LogP contribution is -2.33. The molecule has 1 aromatic carbocycles. The number of carboxylic acids is 1. The van der Waals surface area contributed by atoms with E-state index in [0.717, 1.165) is 5.56 Å². The second-order valence-corrected chi connectivity index (χ2v) is 7.21. The van der Waals surface area contributed by atoms with Gasteiger partial charge in [0.25, 0.3) is 0 Å². The maximum Gasteiger partial charge on any atom is 0.303 e. The topological polar surface area (TPSA) is 77.9 Å². The number of aliphatic carboxylic acids is 1. The van der Waals surface area contributed by atoms with Crippen molar-refractivity contribution in [1.82, 2.24) is 9.21 Å². The Labute approximate surface area is 126 Å². The lowest BCUT2D eigenvalue weighted by molar-refractivity contribution is -0.136. The minimum Gasteiger partial charge on any atom is -0.481 e. The van der Waals surface area contributed by atoms with Gasteiger partial charge < -0.3 is 10.0 Å². The van der Waals surface area contributed by atoms with Gasteiger partial charge >= 0.3 is 5.97 Å². The first-order valence-electron chi connectivity index (χ1n) is 6.65. The van der Waals surface area contributed by atoms with E-state index in [1.165, 1.54) is 16.4 Å². The molecule has 0 unspecified atom stereocenters. The Balaban J connectivity index is 2.77. The monoisotopic (exact) mass is 314 g/mol. The number of aryl methyl sites for hydroxylation is 1. The van der Waals surface area contributed by atoms with Crippen LogP contribution >= 0.6 is 0 Å². The van der Waals surface area contributed by atoms with Crippen LogP contribution in [-0.4, -0.2) is 62.9 Å².